The first kappa shape index (κ1) is 14.3. The van der Waals surface area contributed by atoms with E-state index in [1.54, 1.807) is 0 Å². The number of rotatable bonds is 3. The van der Waals surface area contributed by atoms with E-state index in [4.69, 9.17) is 5.73 Å². The fourth-order valence-electron chi connectivity index (χ4n) is 4.12. The molecular weight excluding hydrogens is 220 g/mol. The van der Waals surface area contributed by atoms with E-state index in [1.165, 1.54) is 45.1 Å². The molecular formula is C16H32N2. The summed E-state index contributed by atoms with van der Waals surface area (Å²) >= 11 is 0. The Morgan fingerprint density at radius 1 is 1.22 bits per heavy atom. The fraction of sp³-hybridized carbons (Fsp3) is 1.00. The van der Waals surface area contributed by atoms with E-state index in [-0.39, 0.29) is 0 Å². The highest BCUT2D eigenvalue weighted by Crippen LogP contribution is 2.39. The highest BCUT2D eigenvalue weighted by molar-refractivity contribution is 4.92. The van der Waals surface area contributed by atoms with Crippen LogP contribution in [0.4, 0.5) is 0 Å². The zero-order chi connectivity index (χ0) is 13.3. The van der Waals surface area contributed by atoms with Crippen molar-refractivity contribution in [1.82, 2.24) is 4.90 Å². The van der Waals surface area contributed by atoms with Gasteiger partial charge in [0.05, 0.1) is 0 Å². The molecule has 106 valence electrons. The Hall–Kier alpha value is -0.0800. The summed E-state index contributed by atoms with van der Waals surface area (Å²) in [5, 5.41) is 0. The largest absolute Gasteiger partial charge is 0.327 e. The van der Waals surface area contributed by atoms with Crippen molar-refractivity contribution in [3.05, 3.63) is 0 Å². The minimum Gasteiger partial charge on any atom is -0.327 e. The Morgan fingerprint density at radius 3 is 2.61 bits per heavy atom. The predicted octanol–water partition coefficient (Wildman–Crippen LogP) is 3.40. The minimum absolute atomic E-state index is 0.434. The molecule has 2 fully saturated rings. The first-order valence-corrected chi connectivity index (χ1v) is 7.94. The van der Waals surface area contributed by atoms with E-state index < -0.39 is 0 Å². The van der Waals surface area contributed by atoms with Crippen LogP contribution in [0.5, 0.6) is 0 Å². The Kier molecular flexibility index (Phi) is 4.38. The number of nitrogens with two attached hydrogens (primary N) is 1. The Balaban J connectivity index is 1.98. The van der Waals surface area contributed by atoms with Gasteiger partial charge in [-0.3, -0.25) is 4.90 Å². The van der Waals surface area contributed by atoms with Crippen LogP contribution in [0.15, 0.2) is 0 Å². The summed E-state index contributed by atoms with van der Waals surface area (Å²) in [5.41, 5.74) is 6.89. The van der Waals surface area contributed by atoms with Crippen LogP contribution >= 0.6 is 0 Å². The van der Waals surface area contributed by atoms with Crippen molar-refractivity contribution in [1.29, 1.82) is 0 Å². The second kappa shape index (κ2) is 5.50. The first-order valence-electron chi connectivity index (χ1n) is 7.94. The van der Waals surface area contributed by atoms with E-state index >= 15 is 0 Å². The van der Waals surface area contributed by atoms with Crippen LogP contribution in [0, 0.1) is 11.3 Å². The smallest absolute Gasteiger partial charge is 0.00961 e. The van der Waals surface area contributed by atoms with E-state index in [9.17, 15) is 0 Å². The number of hydrogen-bond acceptors (Lipinski definition) is 2. The van der Waals surface area contributed by atoms with Crippen LogP contribution in [0.25, 0.3) is 0 Å². The maximum atomic E-state index is 6.38. The molecule has 0 radical (unpaired) electrons. The maximum absolute atomic E-state index is 6.38. The van der Waals surface area contributed by atoms with Gasteiger partial charge in [-0.1, -0.05) is 20.8 Å². The average molecular weight is 252 g/mol. The Bertz CT molecular complexity index is 274. The molecule has 0 aromatic carbocycles. The van der Waals surface area contributed by atoms with Gasteiger partial charge in [0.25, 0.3) is 0 Å². The van der Waals surface area contributed by atoms with Crippen LogP contribution in [-0.4, -0.2) is 29.6 Å². The monoisotopic (exact) mass is 252 g/mol. The van der Waals surface area contributed by atoms with Gasteiger partial charge in [0.1, 0.15) is 0 Å². The molecule has 1 saturated heterocycles. The van der Waals surface area contributed by atoms with Crippen molar-refractivity contribution in [2.45, 2.75) is 84.3 Å². The summed E-state index contributed by atoms with van der Waals surface area (Å²) < 4.78 is 0. The topological polar surface area (TPSA) is 29.3 Å². The summed E-state index contributed by atoms with van der Waals surface area (Å²) in [6.07, 6.45) is 7.91. The van der Waals surface area contributed by atoms with Gasteiger partial charge in [0.15, 0.2) is 0 Å². The molecule has 4 atom stereocenters. The molecule has 2 heteroatoms. The van der Waals surface area contributed by atoms with E-state index in [2.05, 4.69) is 32.6 Å². The van der Waals surface area contributed by atoms with Crippen molar-refractivity contribution in [3.8, 4) is 0 Å². The molecule has 2 N–H and O–H groups in total. The van der Waals surface area contributed by atoms with Crippen LogP contribution < -0.4 is 5.73 Å². The summed E-state index contributed by atoms with van der Waals surface area (Å²) in [6, 6.07) is 2.02. The molecule has 2 nitrogen and oxygen atoms in total. The predicted molar refractivity (Wildman–Crippen MR) is 78.6 cm³/mol. The third-order valence-corrected chi connectivity index (χ3v) is 5.44. The van der Waals surface area contributed by atoms with E-state index in [1.807, 2.05) is 0 Å². The lowest BCUT2D eigenvalue weighted by Gasteiger charge is -2.42. The molecule has 0 aromatic heterocycles. The van der Waals surface area contributed by atoms with Gasteiger partial charge >= 0.3 is 0 Å². The lowest BCUT2D eigenvalue weighted by atomic mass is 9.70. The standard InChI is InChI=1S/C16H32N2/c1-5-14-7-6-12(2)18(14)11-13-10-16(3,4)9-8-15(13)17/h12-15H,5-11,17H2,1-4H3. The van der Waals surface area contributed by atoms with Gasteiger partial charge in [-0.15, -0.1) is 0 Å². The number of hydrogen-bond donors (Lipinski definition) is 1. The lowest BCUT2D eigenvalue weighted by Crippen LogP contribution is -2.47. The normalized spacial score (nSPS) is 41.2. The second-order valence-corrected chi connectivity index (χ2v) is 7.52. The second-order valence-electron chi connectivity index (χ2n) is 7.52. The van der Waals surface area contributed by atoms with E-state index in [0.29, 0.717) is 17.4 Å². The summed E-state index contributed by atoms with van der Waals surface area (Å²) in [7, 11) is 0. The molecule has 4 unspecified atom stereocenters. The van der Waals surface area contributed by atoms with Crippen LogP contribution in [-0.2, 0) is 0 Å². The molecule has 0 aromatic rings. The zero-order valence-electron chi connectivity index (χ0n) is 12.8. The Morgan fingerprint density at radius 2 is 1.94 bits per heavy atom. The average Bonchev–Trinajstić information content (AvgIpc) is 2.65. The van der Waals surface area contributed by atoms with Gasteiger partial charge in [0, 0.05) is 24.7 Å². The van der Waals surface area contributed by atoms with E-state index in [0.717, 1.165) is 12.1 Å². The number of nitrogens with zero attached hydrogens (tertiary/aromatic N) is 1. The third-order valence-electron chi connectivity index (χ3n) is 5.44. The summed E-state index contributed by atoms with van der Waals surface area (Å²) in [6.45, 7) is 10.8. The molecule has 18 heavy (non-hydrogen) atoms. The highest BCUT2D eigenvalue weighted by Gasteiger charge is 2.37. The molecule has 0 bridgehead atoms. The van der Waals surface area contributed by atoms with Gasteiger partial charge in [0.2, 0.25) is 0 Å². The van der Waals surface area contributed by atoms with Crippen molar-refractivity contribution in [2.24, 2.45) is 17.1 Å². The van der Waals surface area contributed by atoms with Gasteiger partial charge in [-0.05, 0) is 56.8 Å². The van der Waals surface area contributed by atoms with Crippen LogP contribution in [0.1, 0.15) is 66.2 Å². The number of likely N-dealkylation sites (tertiary alicyclic amines) is 1. The van der Waals surface area contributed by atoms with Crippen molar-refractivity contribution >= 4 is 0 Å². The molecule has 2 aliphatic rings. The van der Waals surface area contributed by atoms with Crippen molar-refractivity contribution in [2.75, 3.05) is 6.54 Å². The van der Waals surface area contributed by atoms with Crippen molar-refractivity contribution in [3.63, 3.8) is 0 Å². The zero-order valence-corrected chi connectivity index (χ0v) is 12.8. The molecule has 1 aliphatic carbocycles. The SMILES string of the molecule is CCC1CCC(C)N1CC1CC(C)(C)CCC1N. The minimum atomic E-state index is 0.434. The first-order chi connectivity index (χ1) is 8.43. The van der Waals surface area contributed by atoms with Crippen LogP contribution in [0.3, 0.4) is 0 Å². The summed E-state index contributed by atoms with van der Waals surface area (Å²) in [5.74, 6) is 0.711. The lowest BCUT2D eigenvalue weighted by molar-refractivity contribution is 0.0922. The van der Waals surface area contributed by atoms with Gasteiger partial charge in [-0.2, -0.15) is 0 Å². The molecule has 2 rings (SSSR count). The fourth-order valence-corrected chi connectivity index (χ4v) is 4.12. The molecule has 0 amide bonds. The van der Waals surface area contributed by atoms with Crippen LogP contribution in [0.2, 0.25) is 0 Å². The highest BCUT2D eigenvalue weighted by atomic mass is 15.2. The molecule has 0 spiro atoms. The quantitative estimate of drug-likeness (QED) is 0.834. The third kappa shape index (κ3) is 3.08. The maximum Gasteiger partial charge on any atom is 0.00961 e. The Labute approximate surface area is 113 Å². The van der Waals surface area contributed by atoms with Gasteiger partial charge < -0.3 is 5.73 Å². The van der Waals surface area contributed by atoms with Crippen molar-refractivity contribution < 1.29 is 0 Å². The van der Waals surface area contributed by atoms with Gasteiger partial charge in [-0.25, -0.2) is 0 Å². The summed E-state index contributed by atoms with van der Waals surface area (Å²) in [4.78, 5) is 2.76. The molecule has 1 aliphatic heterocycles. The molecule has 1 heterocycles. The molecule has 1 saturated carbocycles.